The van der Waals surface area contributed by atoms with Crippen LogP contribution in [-0.4, -0.2) is 142 Å². The number of hydrogen-bond donors (Lipinski definition) is 7. The second-order valence-electron chi connectivity index (χ2n) is 21.5. The molecule has 0 aliphatic carbocycles. The Morgan fingerprint density at radius 2 is 0.808 bits per heavy atom. The number of esters is 1. The number of ether oxygens (including phenoxy) is 6. The van der Waals surface area contributed by atoms with Gasteiger partial charge in [-0.05, 0) is 51.4 Å². The van der Waals surface area contributed by atoms with Crippen molar-refractivity contribution in [2.24, 2.45) is 0 Å². The van der Waals surface area contributed by atoms with Crippen LogP contribution in [0.15, 0.2) is 72.9 Å². The summed E-state index contributed by atoms with van der Waals surface area (Å²) in [4.78, 5) is 13.1. The molecule has 11 atom stereocenters. The molecule has 0 bridgehead atoms. The molecule has 452 valence electrons. The van der Waals surface area contributed by atoms with E-state index in [1.807, 2.05) is 12.2 Å². The lowest BCUT2D eigenvalue weighted by Gasteiger charge is -2.42. The first kappa shape index (κ1) is 71.5. The smallest absolute Gasteiger partial charge is 0.306 e. The van der Waals surface area contributed by atoms with Crippen molar-refractivity contribution in [2.45, 2.75) is 293 Å². The molecule has 0 radical (unpaired) electrons. The van der Waals surface area contributed by atoms with Gasteiger partial charge in [0.2, 0.25) is 0 Å². The fourth-order valence-corrected chi connectivity index (χ4v) is 9.55. The number of allylic oxidation sites excluding steroid dienone is 12. The van der Waals surface area contributed by atoms with E-state index in [1.165, 1.54) is 141 Å². The molecule has 2 saturated heterocycles. The van der Waals surface area contributed by atoms with E-state index in [2.05, 4.69) is 74.6 Å². The van der Waals surface area contributed by atoms with Gasteiger partial charge in [0.15, 0.2) is 12.6 Å². The number of aliphatic hydroxyl groups excluding tert-OH is 7. The van der Waals surface area contributed by atoms with Crippen molar-refractivity contribution in [3.63, 3.8) is 0 Å². The van der Waals surface area contributed by atoms with Gasteiger partial charge in [0.05, 0.1) is 26.4 Å². The fraction of sp³-hybridized carbons (Fsp3) is 0.797. The lowest BCUT2D eigenvalue weighted by Crippen LogP contribution is -2.61. The molecule has 11 unspecified atom stereocenters. The third-order valence-corrected chi connectivity index (χ3v) is 14.5. The minimum atomic E-state index is -1.72. The zero-order valence-electron chi connectivity index (χ0n) is 48.6. The van der Waals surface area contributed by atoms with Gasteiger partial charge in [-0.1, -0.05) is 241 Å². The molecule has 2 rings (SSSR count). The summed E-state index contributed by atoms with van der Waals surface area (Å²) >= 11 is 0. The van der Waals surface area contributed by atoms with E-state index in [-0.39, 0.29) is 19.6 Å². The maximum atomic E-state index is 13.1. The molecule has 0 spiro atoms. The number of aliphatic hydroxyl groups is 7. The fourth-order valence-electron chi connectivity index (χ4n) is 9.55. The number of rotatable bonds is 50. The second kappa shape index (κ2) is 50.2. The summed E-state index contributed by atoms with van der Waals surface area (Å²) in [5.41, 5.74) is 0. The topological polar surface area (TPSA) is 214 Å². The van der Waals surface area contributed by atoms with Gasteiger partial charge < -0.3 is 64.2 Å². The molecule has 0 aromatic rings. The van der Waals surface area contributed by atoms with Crippen LogP contribution in [-0.2, 0) is 33.2 Å². The zero-order valence-corrected chi connectivity index (χ0v) is 48.6. The molecule has 2 aliphatic heterocycles. The van der Waals surface area contributed by atoms with Crippen LogP contribution in [0, 0.1) is 0 Å². The minimum absolute atomic E-state index is 0.0305. The molecular weight excluding hydrogens is 993 g/mol. The first-order chi connectivity index (χ1) is 38.1. The Balaban J connectivity index is 1.70. The molecule has 0 saturated carbocycles. The van der Waals surface area contributed by atoms with Crippen molar-refractivity contribution in [1.29, 1.82) is 0 Å². The van der Waals surface area contributed by atoms with E-state index >= 15 is 0 Å². The number of hydrogen-bond acceptors (Lipinski definition) is 14. The summed E-state index contributed by atoms with van der Waals surface area (Å²) in [5.74, 6) is -0.455. The third kappa shape index (κ3) is 36.0. The first-order valence-electron chi connectivity index (χ1n) is 31.0. The molecule has 0 amide bonds. The number of unbranched alkanes of at least 4 members (excludes halogenated alkanes) is 24. The van der Waals surface area contributed by atoms with Crippen molar-refractivity contribution >= 4 is 5.97 Å². The van der Waals surface area contributed by atoms with Crippen molar-refractivity contribution in [3.8, 4) is 0 Å². The predicted octanol–water partition coefficient (Wildman–Crippen LogP) is 11.8. The molecule has 14 nitrogen and oxygen atoms in total. The van der Waals surface area contributed by atoms with Crippen LogP contribution in [0.4, 0.5) is 0 Å². The third-order valence-electron chi connectivity index (χ3n) is 14.5. The lowest BCUT2D eigenvalue weighted by atomic mass is 9.98. The Morgan fingerprint density at radius 3 is 1.23 bits per heavy atom. The summed E-state index contributed by atoms with van der Waals surface area (Å²) < 4.78 is 34.3. The minimum Gasteiger partial charge on any atom is -0.457 e. The Morgan fingerprint density at radius 1 is 0.436 bits per heavy atom. The Labute approximate surface area is 472 Å². The van der Waals surface area contributed by atoms with Crippen LogP contribution in [0.2, 0.25) is 0 Å². The molecule has 14 heteroatoms. The molecule has 0 aromatic heterocycles. The van der Waals surface area contributed by atoms with Crippen LogP contribution >= 0.6 is 0 Å². The predicted molar refractivity (Wildman–Crippen MR) is 312 cm³/mol. The van der Waals surface area contributed by atoms with E-state index in [1.54, 1.807) is 0 Å². The highest BCUT2D eigenvalue weighted by molar-refractivity contribution is 5.69. The normalized spacial score (nSPS) is 24.6. The summed E-state index contributed by atoms with van der Waals surface area (Å²) in [7, 11) is 0. The SMILES string of the molecule is CC/C=C\C/C=C\C/C=C\C/C=C\C/C=C\C/C=C\CCC(=O)OC(COCCCCCCCCCCCCCCCCCCCCCCCCCCC)COC1OC(COC2OC(CO)C(O)C(O)C2O)C(O)C(O)C1O. The van der Waals surface area contributed by atoms with Crippen molar-refractivity contribution in [3.05, 3.63) is 72.9 Å². The van der Waals surface area contributed by atoms with Gasteiger partial charge >= 0.3 is 5.97 Å². The van der Waals surface area contributed by atoms with Gasteiger partial charge in [-0.15, -0.1) is 0 Å². The highest BCUT2D eigenvalue weighted by Gasteiger charge is 2.47. The van der Waals surface area contributed by atoms with Gasteiger partial charge in [0, 0.05) is 13.0 Å². The molecule has 0 aromatic carbocycles. The number of carbonyl (C=O) groups is 1. The molecule has 2 aliphatic rings. The van der Waals surface area contributed by atoms with Crippen molar-refractivity contribution in [1.82, 2.24) is 0 Å². The number of carbonyl (C=O) groups excluding carboxylic acids is 1. The second-order valence-corrected chi connectivity index (χ2v) is 21.5. The molecule has 7 N–H and O–H groups in total. The van der Waals surface area contributed by atoms with Gasteiger partial charge in [-0.25, -0.2) is 0 Å². The van der Waals surface area contributed by atoms with E-state index in [9.17, 15) is 40.5 Å². The van der Waals surface area contributed by atoms with E-state index in [4.69, 9.17) is 28.4 Å². The van der Waals surface area contributed by atoms with Gasteiger partial charge in [-0.2, -0.15) is 0 Å². The van der Waals surface area contributed by atoms with E-state index in [0.717, 1.165) is 57.8 Å². The summed E-state index contributed by atoms with van der Waals surface area (Å²) in [6.07, 6.45) is 48.5. The van der Waals surface area contributed by atoms with Crippen LogP contribution in [0.1, 0.15) is 226 Å². The van der Waals surface area contributed by atoms with Crippen LogP contribution in [0.25, 0.3) is 0 Å². The zero-order chi connectivity index (χ0) is 56.5. The van der Waals surface area contributed by atoms with Crippen molar-refractivity contribution in [2.75, 3.05) is 33.0 Å². The molecular formula is C64H112O14. The van der Waals surface area contributed by atoms with Crippen LogP contribution < -0.4 is 0 Å². The molecule has 2 fully saturated rings. The van der Waals surface area contributed by atoms with Crippen LogP contribution in [0.3, 0.4) is 0 Å². The Hall–Kier alpha value is -2.57. The Kier molecular flexibility index (Phi) is 46.0. The van der Waals surface area contributed by atoms with Gasteiger partial charge in [-0.3, -0.25) is 4.79 Å². The van der Waals surface area contributed by atoms with E-state index in [0.29, 0.717) is 13.0 Å². The monoisotopic (exact) mass is 1100 g/mol. The van der Waals surface area contributed by atoms with Crippen molar-refractivity contribution < 1.29 is 69.0 Å². The molecule has 2 heterocycles. The molecule has 78 heavy (non-hydrogen) atoms. The maximum Gasteiger partial charge on any atom is 0.306 e. The summed E-state index contributed by atoms with van der Waals surface area (Å²) in [6, 6.07) is 0. The largest absolute Gasteiger partial charge is 0.457 e. The highest BCUT2D eigenvalue weighted by atomic mass is 16.7. The van der Waals surface area contributed by atoms with Gasteiger partial charge in [0.25, 0.3) is 0 Å². The first-order valence-corrected chi connectivity index (χ1v) is 31.0. The quantitative estimate of drug-likeness (QED) is 0.0172. The van der Waals surface area contributed by atoms with E-state index < -0.39 is 86.7 Å². The average molecular weight is 1110 g/mol. The summed E-state index contributed by atoms with van der Waals surface area (Å²) in [6.45, 7) is 3.51. The van der Waals surface area contributed by atoms with Gasteiger partial charge in [0.1, 0.15) is 54.9 Å². The maximum absolute atomic E-state index is 13.1. The average Bonchev–Trinajstić information content (AvgIpc) is 3.44. The lowest BCUT2D eigenvalue weighted by molar-refractivity contribution is -0.332. The highest BCUT2D eigenvalue weighted by Crippen LogP contribution is 2.27. The van der Waals surface area contributed by atoms with Crippen LogP contribution in [0.5, 0.6) is 0 Å². The Bertz CT molecular complexity index is 1560. The summed E-state index contributed by atoms with van der Waals surface area (Å²) in [5, 5.41) is 72.4. The standard InChI is InChI=1S/C64H112O14/c1-3-5-7-9-11-13-15-17-19-21-23-24-25-26-27-28-30-32-34-36-38-40-42-44-46-48-73-50-53(76-56(66)47-45-43-41-39-37-35-33-31-29-22-20-18-16-14-12-10-8-6-4-2)51-74-63-62(72)60(70)58(68)55(78-63)52-75-64-61(71)59(69)57(67)54(49-65)77-64/h6,8,12,14,18,20,29,31,35,37,41,43,53-55,57-65,67-72H,3-5,7,9-11,13,15-17,19,21-28,30,32-34,36,38-40,42,44-52H2,1-2H3/b8-6-,14-12-,20-18-,31-29-,37-35-,43-41-.